The Kier molecular flexibility index (Phi) is 3.74. The van der Waals surface area contributed by atoms with Crippen molar-refractivity contribution in [2.24, 2.45) is 5.92 Å². The number of methoxy groups -OCH3 is 1. The van der Waals surface area contributed by atoms with Crippen molar-refractivity contribution in [1.82, 2.24) is 4.98 Å². The van der Waals surface area contributed by atoms with Gasteiger partial charge >= 0.3 is 5.97 Å². The van der Waals surface area contributed by atoms with E-state index in [1.165, 1.54) is 19.4 Å². The van der Waals surface area contributed by atoms with Crippen molar-refractivity contribution < 1.29 is 18.3 Å². The fourth-order valence-corrected chi connectivity index (χ4v) is 2.11. The quantitative estimate of drug-likeness (QED) is 0.776. The molecule has 0 saturated carbocycles. The lowest BCUT2D eigenvalue weighted by atomic mass is 10.1. The zero-order valence-corrected chi connectivity index (χ0v) is 9.97. The number of anilines is 1. The van der Waals surface area contributed by atoms with Gasteiger partial charge in [-0.25, -0.2) is 8.78 Å². The van der Waals surface area contributed by atoms with E-state index in [0.717, 1.165) is 0 Å². The molecule has 98 valence electrons. The van der Waals surface area contributed by atoms with Crippen LogP contribution in [0.4, 0.5) is 14.5 Å². The highest BCUT2D eigenvalue weighted by Gasteiger charge is 2.29. The highest BCUT2D eigenvalue weighted by atomic mass is 19.3. The van der Waals surface area contributed by atoms with Crippen molar-refractivity contribution in [3.63, 3.8) is 0 Å². The van der Waals surface area contributed by atoms with Crippen molar-refractivity contribution in [1.29, 1.82) is 0 Å². The van der Waals surface area contributed by atoms with Crippen molar-refractivity contribution in [3.8, 4) is 0 Å². The number of nitrogens with zero attached hydrogens (tertiary/aromatic N) is 2. The summed E-state index contributed by atoms with van der Waals surface area (Å²) in [5.41, 5.74) is 0.431. The summed E-state index contributed by atoms with van der Waals surface area (Å²) in [6.45, 7) is 1.16. The minimum absolute atomic E-state index is 0.182. The zero-order valence-electron chi connectivity index (χ0n) is 9.97. The zero-order chi connectivity index (χ0) is 13.1. The maximum Gasteiger partial charge on any atom is 0.310 e. The van der Waals surface area contributed by atoms with Crippen molar-refractivity contribution in [2.45, 2.75) is 12.8 Å². The van der Waals surface area contributed by atoms with Gasteiger partial charge < -0.3 is 9.64 Å². The normalized spacial score (nSPS) is 19.3. The molecule has 6 heteroatoms. The van der Waals surface area contributed by atoms with Crippen LogP contribution in [0.2, 0.25) is 0 Å². The number of alkyl halides is 2. The van der Waals surface area contributed by atoms with Gasteiger partial charge in [0.2, 0.25) is 0 Å². The standard InChI is InChI=1S/C12H14F2N2O2/c1-18-12(17)8-3-5-16(7-8)9-2-4-15-10(6-9)11(13)14/h2,4,6,8,11H,3,5,7H2,1H3/t8-/m1/s1. The van der Waals surface area contributed by atoms with E-state index in [2.05, 4.69) is 9.72 Å². The van der Waals surface area contributed by atoms with Gasteiger partial charge in [0.25, 0.3) is 6.43 Å². The van der Waals surface area contributed by atoms with E-state index in [1.54, 1.807) is 6.07 Å². The summed E-state index contributed by atoms with van der Waals surface area (Å²) in [7, 11) is 1.35. The summed E-state index contributed by atoms with van der Waals surface area (Å²) in [6, 6.07) is 3.04. The third kappa shape index (κ3) is 2.57. The third-order valence-corrected chi connectivity index (χ3v) is 3.08. The monoisotopic (exact) mass is 256 g/mol. The molecule has 1 aromatic rings. The van der Waals surface area contributed by atoms with Gasteiger partial charge in [-0.15, -0.1) is 0 Å². The van der Waals surface area contributed by atoms with Crippen LogP contribution in [0.1, 0.15) is 18.5 Å². The highest BCUT2D eigenvalue weighted by Crippen LogP contribution is 2.27. The molecule has 1 fully saturated rings. The number of aromatic nitrogens is 1. The van der Waals surface area contributed by atoms with E-state index in [-0.39, 0.29) is 17.6 Å². The van der Waals surface area contributed by atoms with Crippen LogP contribution in [0.25, 0.3) is 0 Å². The van der Waals surface area contributed by atoms with Crippen molar-refractivity contribution in [3.05, 3.63) is 24.0 Å². The smallest absolute Gasteiger partial charge is 0.310 e. The van der Waals surface area contributed by atoms with E-state index in [4.69, 9.17) is 0 Å². The van der Waals surface area contributed by atoms with Crippen LogP contribution < -0.4 is 4.90 Å². The molecular weight excluding hydrogens is 242 g/mol. The molecular formula is C12H14F2N2O2. The molecule has 1 saturated heterocycles. The van der Waals surface area contributed by atoms with Crippen LogP contribution in [0.5, 0.6) is 0 Å². The lowest BCUT2D eigenvalue weighted by Gasteiger charge is -2.18. The first-order chi connectivity index (χ1) is 8.61. The lowest BCUT2D eigenvalue weighted by molar-refractivity contribution is -0.144. The topological polar surface area (TPSA) is 42.4 Å². The summed E-state index contributed by atoms with van der Waals surface area (Å²) in [5, 5.41) is 0. The third-order valence-electron chi connectivity index (χ3n) is 3.08. The van der Waals surface area contributed by atoms with Crippen LogP contribution in [0.3, 0.4) is 0 Å². The minimum Gasteiger partial charge on any atom is -0.469 e. The van der Waals surface area contributed by atoms with Crippen LogP contribution in [-0.2, 0) is 9.53 Å². The molecule has 1 aliphatic heterocycles. The average molecular weight is 256 g/mol. The second kappa shape index (κ2) is 5.29. The Morgan fingerprint density at radius 3 is 3.06 bits per heavy atom. The first kappa shape index (κ1) is 12.7. The second-order valence-electron chi connectivity index (χ2n) is 4.19. The summed E-state index contributed by atoms with van der Waals surface area (Å²) < 4.78 is 29.8. The lowest BCUT2D eigenvalue weighted by Crippen LogP contribution is -2.23. The Bertz CT molecular complexity index is 440. The first-order valence-corrected chi connectivity index (χ1v) is 5.68. The summed E-state index contributed by atoms with van der Waals surface area (Å²) >= 11 is 0. The molecule has 0 aliphatic carbocycles. The molecule has 18 heavy (non-hydrogen) atoms. The molecule has 0 spiro atoms. The number of rotatable bonds is 3. The van der Waals surface area contributed by atoms with E-state index in [0.29, 0.717) is 25.2 Å². The van der Waals surface area contributed by atoms with Gasteiger partial charge in [0.1, 0.15) is 5.69 Å². The van der Waals surface area contributed by atoms with Gasteiger partial charge in [-0.3, -0.25) is 9.78 Å². The fourth-order valence-electron chi connectivity index (χ4n) is 2.11. The maximum atomic E-state index is 12.5. The molecule has 0 N–H and O–H groups in total. The molecule has 0 unspecified atom stereocenters. The Hall–Kier alpha value is -1.72. The number of hydrogen-bond acceptors (Lipinski definition) is 4. The Labute approximate surface area is 104 Å². The van der Waals surface area contributed by atoms with Crippen LogP contribution >= 0.6 is 0 Å². The SMILES string of the molecule is COC(=O)[C@@H]1CCN(c2ccnc(C(F)F)c2)C1. The van der Waals surface area contributed by atoms with E-state index < -0.39 is 6.43 Å². The predicted molar refractivity (Wildman–Crippen MR) is 61.5 cm³/mol. The average Bonchev–Trinajstić information content (AvgIpc) is 2.87. The Balaban J connectivity index is 2.09. The molecule has 1 aliphatic rings. The number of hydrogen-bond donors (Lipinski definition) is 0. The Morgan fingerprint density at radius 1 is 1.61 bits per heavy atom. The highest BCUT2D eigenvalue weighted by molar-refractivity contribution is 5.74. The number of carbonyl (C=O) groups excluding carboxylic acids is 1. The van der Waals surface area contributed by atoms with E-state index in [9.17, 15) is 13.6 Å². The molecule has 2 heterocycles. The summed E-state index contributed by atoms with van der Waals surface area (Å²) in [6.07, 6.45) is -0.537. The molecule has 0 bridgehead atoms. The van der Waals surface area contributed by atoms with E-state index >= 15 is 0 Å². The van der Waals surface area contributed by atoms with Gasteiger partial charge in [-0.2, -0.15) is 0 Å². The fraction of sp³-hybridized carbons (Fsp3) is 0.500. The first-order valence-electron chi connectivity index (χ1n) is 5.68. The van der Waals surface area contributed by atoms with Gasteiger partial charge in [0, 0.05) is 25.0 Å². The Morgan fingerprint density at radius 2 is 2.39 bits per heavy atom. The van der Waals surface area contributed by atoms with Gasteiger partial charge in [-0.05, 0) is 18.6 Å². The number of pyridine rings is 1. The largest absolute Gasteiger partial charge is 0.469 e. The number of esters is 1. The van der Waals surface area contributed by atoms with Gasteiger partial charge in [-0.1, -0.05) is 0 Å². The van der Waals surface area contributed by atoms with E-state index in [1.807, 2.05) is 4.90 Å². The molecule has 0 aromatic carbocycles. The summed E-state index contributed by atoms with van der Waals surface area (Å²) in [4.78, 5) is 16.9. The second-order valence-corrected chi connectivity index (χ2v) is 4.19. The van der Waals surface area contributed by atoms with Gasteiger partial charge in [0.15, 0.2) is 0 Å². The maximum absolute atomic E-state index is 12.5. The van der Waals surface area contributed by atoms with Crippen molar-refractivity contribution in [2.75, 3.05) is 25.1 Å². The van der Waals surface area contributed by atoms with Crippen LogP contribution in [0.15, 0.2) is 18.3 Å². The summed E-state index contributed by atoms with van der Waals surface area (Å²) in [5.74, 6) is -0.432. The number of ether oxygens (including phenoxy) is 1. The molecule has 4 nitrogen and oxygen atoms in total. The molecule has 0 radical (unpaired) electrons. The molecule has 0 amide bonds. The van der Waals surface area contributed by atoms with Crippen LogP contribution in [-0.4, -0.2) is 31.2 Å². The van der Waals surface area contributed by atoms with Gasteiger partial charge in [0.05, 0.1) is 13.0 Å². The predicted octanol–water partition coefficient (Wildman–Crippen LogP) is 2.02. The van der Waals surface area contributed by atoms with Crippen molar-refractivity contribution >= 4 is 11.7 Å². The number of carbonyl (C=O) groups is 1. The van der Waals surface area contributed by atoms with Crippen LogP contribution in [0, 0.1) is 5.92 Å². The molecule has 1 atom stereocenters. The minimum atomic E-state index is -2.58. The molecule has 1 aromatic heterocycles. The number of halogens is 2. The molecule has 2 rings (SSSR count).